The van der Waals surface area contributed by atoms with Crippen LogP contribution >= 0.6 is 0 Å². The van der Waals surface area contributed by atoms with Crippen LogP contribution in [0.25, 0.3) is 0 Å². The van der Waals surface area contributed by atoms with E-state index in [1.54, 1.807) is 0 Å². The normalized spacial score (nSPS) is 12.7. The van der Waals surface area contributed by atoms with Gasteiger partial charge in [-0.3, -0.25) is 4.79 Å². The molecule has 1 rings (SSSR count). The Balaban J connectivity index is 2.62. The number of carbonyl (C=O) groups is 1. The fourth-order valence-corrected chi connectivity index (χ4v) is 3.15. The average Bonchev–Trinajstić information content (AvgIpc) is 2.70. The van der Waals surface area contributed by atoms with E-state index in [2.05, 4.69) is 41.7 Å². The van der Waals surface area contributed by atoms with Gasteiger partial charge in [-0.2, -0.15) is 0 Å². The molecule has 0 bridgehead atoms. The second-order valence-corrected chi connectivity index (χ2v) is 7.89. The number of nitrogens with zero attached hydrogens (tertiary/aromatic N) is 1. The molecule has 0 aliphatic rings. The smallest absolute Gasteiger partial charge is 0.251 e. The molecule has 0 aliphatic heterocycles. The zero-order chi connectivity index (χ0) is 21.5. The van der Waals surface area contributed by atoms with Crippen molar-refractivity contribution in [2.75, 3.05) is 26.2 Å². The van der Waals surface area contributed by atoms with Crippen molar-refractivity contribution in [3.8, 4) is 0 Å². The van der Waals surface area contributed by atoms with Gasteiger partial charge in [0.25, 0.3) is 5.91 Å². The Kier molecular flexibility index (Phi) is 12.8. The molecule has 0 fully saturated rings. The van der Waals surface area contributed by atoms with Gasteiger partial charge >= 0.3 is 0 Å². The van der Waals surface area contributed by atoms with Crippen LogP contribution in [-0.4, -0.2) is 43.2 Å². The molecule has 0 saturated carbocycles. The molecule has 1 atom stereocenters. The van der Waals surface area contributed by atoms with E-state index in [0.717, 1.165) is 50.3 Å². The second kappa shape index (κ2) is 14.9. The Hall–Kier alpha value is -2.08. The summed E-state index contributed by atoms with van der Waals surface area (Å²) in [5.41, 5.74) is 1.74. The number of carbonyl (C=O) groups excluding carboxylic acids is 1. The summed E-state index contributed by atoms with van der Waals surface area (Å²) in [4.78, 5) is 16.7. The van der Waals surface area contributed by atoms with Gasteiger partial charge in [0.05, 0.1) is 6.54 Å². The van der Waals surface area contributed by atoms with Crippen LogP contribution in [0.15, 0.2) is 29.3 Å². The first-order valence-corrected chi connectivity index (χ1v) is 11.0. The summed E-state index contributed by atoms with van der Waals surface area (Å²) >= 11 is 0. The predicted molar refractivity (Wildman–Crippen MR) is 121 cm³/mol. The van der Waals surface area contributed by atoms with E-state index < -0.39 is 0 Å². The van der Waals surface area contributed by atoms with Gasteiger partial charge in [0.2, 0.25) is 0 Å². The third-order valence-corrected chi connectivity index (χ3v) is 4.70. The number of amides is 1. The molecule has 1 amide bonds. The maximum Gasteiger partial charge on any atom is 0.251 e. The van der Waals surface area contributed by atoms with Crippen molar-refractivity contribution in [1.29, 1.82) is 0 Å². The van der Waals surface area contributed by atoms with Gasteiger partial charge in [-0.25, -0.2) is 4.99 Å². The third-order valence-electron chi connectivity index (χ3n) is 4.70. The summed E-state index contributed by atoms with van der Waals surface area (Å²) in [7, 11) is 0. The largest absolute Gasteiger partial charge is 0.396 e. The van der Waals surface area contributed by atoms with Gasteiger partial charge in [-0.05, 0) is 55.7 Å². The molecule has 0 heterocycles. The zero-order valence-corrected chi connectivity index (χ0v) is 18.6. The Bertz CT molecular complexity index is 599. The molecule has 1 aromatic rings. The van der Waals surface area contributed by atoms with Crippen molar-refractivity contribution >= 4 is 11.9 Å². The monoisotopic (exact) mass is 404 g/mol. The first-order valence-electron chi connectivity index (χ1n) is 11.0. The highest BCUT2D eigenvalue weighted by Gasteiger charge is 2.11. The number of guanidine groups is 1. The van der Waals surface area contributed by atoms with E-state index in [1.165, 1.54) is 0 Å². The fourth-order valence-electron chi connectivity index (χ4n) is 3.15. The van der Waals surface area contributed by atoms with Crippen LogP contribution in [-0.2, 0) is 6.54 Å². The number of aliphatic hydroxyl groups excluding tert-OH is 1. The molecule has 0 saturated heterocycles. The number of hydrogen-bond donors (Lipinski definition) is 4. The van der Waals surface area contributed by atoms with Crippen LogP contribution in [0.4, 0.5) is 0 Å². The Labute approximate surface area is 176 Å². The molecule has 6 heteroatoms. The predicted octanol–water partition coefficient (Wildman–Crippen LogP) is 3.32. The van der Waals surface area contributed by atoms with Gasteiger partial charge < -0.3 is 21.1 Å². The minimum Gasteiger partial charge on any atom is -0.396 e. The average molecular weight is 405 g/mol. The minimum absolute atomic E-state index is 0.0245. The second-order valence-electron chi connectivity index (χ2n) is 7.89. The molecule has 0 aromatic heterocycles. The van der Waals surface area contributed by atoms with E-state index in [1.807, 2.05) is 31.2 Å². The van der Waals surface area contributed by atoms with Crippen LogP contribution in [0.5, 0.6) is 0 Å². The van der Waals surface area contributed by atoms with Crippen molar-refractivity contribution in [1.82, 2.24) is 16.0 Å². The number of unbranched alkanes of at least 4 members (excludes halogenated alkanes) is 1. The topological polar surface area (TPSA) is 85.8 Å². The molecule has 0 radical (unpaired) electrons. The van der Waals surface area contributed by atoms with Gasteiger partial charge in [0.1, 0.15) is 0 Å². The highest BCUT2D eigenvalue weighted by Crippen LogP contribution is 2.14. The summed E-state index contributed by atoms with van der Waals surface area (Å²) in [6.45, 7) is 11.6. The summed E-state index contributed by atoms with van der Waals surface area (Å²) in [5, 5.41) is 18.9. The SMILES string of the molecule is CCCCNC(=O)c1ccc(CN=C(NCC)NCC(CCO)CC(C)C)cc1. The standard InChI is InChI=1S/C23H40N4O2/c1-5-7-13-25-22(29)21-10-8-19(9-11-21)16-26-23(24-6-2)27-17-20(12-14-28)15-18(3)4/h8-11,18,20,28H,5-7,12-17H2,1-4H3,(H,25,29)(H2,24,26,27). The molecule has 164 valence electrons. The number of aliphatic imine (C=N–C) groups is 1. The van der Waals surface area contributed by atoms with Crippen molar-refractivity contribution in [3.63, 3.8) is 0 Å². The van der Waals surface area contributed by atoms with Crippen LogP contribution in [0.3, 0.4) is 0 Å². The number of benzene rings is 1. The van der Waals surface area contributed by atoms with Gasteiger partial charge in [0, 0.05) is 31.8 Å². The van der Waals surface area contributed by atoms with Gasteiger partial charge in [-0.1, -0.05) is 39.3 Å². The Morgan fingerprint density at radius 2 is 1.83 bits per heavy atom. The molecule has 0 aliphatic carbocycles. The fraction of sp³-hybridized carbons (Fsp3) is 0.652. The lowest BCUT2D eigenvalue weighted by Gasteiger charge is -2.20. The quantitative estimate of drug-likeness (QED) is 0.231. The molecule has 6 nitrogen and oxygen atoms in total. The molecule has 0 spiro atoms. The highest BCUT2D eigenvalue weighted by atomic mass is 16.3. The van der Waals surface area contributed by atoms with E-state index in [9.17, 15) is 9.90 Å². The molecule has 29 heavy (non-hydrogen) atoms. The number of aliphatic hydroxyl groups is 1. The summed E-state index contributed by atoms with van der Waals surface area (Å²) in [5.74, 6) is 1.78. The maximum absolute atomic E-state index is 12.1. The van der Waals surface area contributed by atoms with Crippen LogP contribution in [0, 0.1) is 11.8 Å². The lowest BCUT2D eigenvalue weighted by molar-refractivity contribution is 0.0953. The number of hydrogen-bond acceptors (Lipinski definition) is 3. The lowest BCUT2D eigenvalue weighted by Crippen LogP contribution is -2.40. The van der Waals surface area contributed by atoms with E-state index in [4.69, 9.17) is 0 Å². The Morgan fingerprint density at radius 3 is 2.41 bits per heavy atom. The number of rotatable bonds is 13. The van der Waals surface area contributed by atoms with Crippen LogP contribution in [0.1, 0.15) is 69.3 Å². The van der Waals surface area contributed by atoms with Crippen LogP contribution < -0.4 is 16.0 Å². The van der Waals surface area contributed by atoms with Crippen molar-refractivity contribution < 1.29 is 9.90 Å². The molecular formula is C23H40N4O2. The van der Waals surface area contributed by atoms with Gasteiger partial charge in [0.15, 0.2) is 5.96 Å². The lowest BCUT2D eigenvalue weighted by atomic mass is 9.94. The minimum atomic E-state index is -0.0245. The van der Waals surface area contributed by atoms with Crippen molar-refractivity contribution in [2.45, 2.75) is 59.9 Å². The van der Waals surface area contributed by atoms with E-state index >= 15 is 0 Å². The summed E-state index contributed by atoms with van der Waals surface area (Å²) < 4.78 is 0. The third kappa shape index (κ3) is 10.9. The first kappa shape index (κ1) is 25.0. The summed E-state index contributed by atoms with van der Waals surface area (Å²) in [6, 6.07) is 7.61. The van der Waals surface area contributed by atoms with Gasteiger partial charge in [-0.15, -0.1) is 0 Å². The molecule has 4 N–H and O–H groups in total. The van der Waals surface area contributed by atoms with Crippen molar-refractivity contribution in [3.05, 3.63) is 35.4 Å². The zero-order valence-electron chi connectivity index (χ0n) is 18.6. The highest BCUT2D eigenvalue weighted by molar-refractivity contribution is 5.94. The number of nitrogens with one attached hydrogen (secondary N) is 3. The van der Waals surface area contributed by atoms with E-state index in [-0.39, 0.29) is 12.5 Å². The van der Waals surface area contributed by atoms with Crippen LogP contribution in [0.2, 0.25) is 0 Å². The van der Waals surface area contributed by atoms with Crippen molar-refractivity contribution in [2.24, 2.45) is 16.8 Å². The molecule has 1 unspecified atom stereocenters. The van der Waals surface area contributed by atoms with E-state index in [0.29, 0.717) is 30.5 Å². The maximum atomic E-state index is 12.1. The Morgan fingerprint density at radius 1 is 1.10 bits per heavy atom. The first-order chi connectivity index (χ1) is 14.0. The molecular weight excluding hydrogens is 364 g/mol. The molecule has 1 aromatic carbocycles. The summed E-state index contributed by atoms with van der Waals surface area (Å²) in [6.07, 6.45) is 3.94.